The lowest BCUT2D eigenvalue weighted by molar-refractivity contribution is 0.415. The lowest BCUT2D eigenvalue weighted by Crippen LogP contribution is -2.24. The molecule has 2 aromatic rings. The Morgan fingerprint density at radius 1 is 1.04 bits per heavy atom. The molecule has 4 nitrogen and oxygen atoms in total. The number of anilines is 1. The summed E-state index contributed by atoms with van der Waals surface area (Å²) < 4.78 is 5.26. The van der Waals surface area contributed by atoms with Gasteiger partial charge in [-0.15, -0.1) is 0 Å². The van der Waals surface area contributed by atoms with Crippen LogP contribution in [-0.2, 0) is 6.54 Å². The zero-order chi connectivity index (χ0) is 16.4. The van der Waals surface area contributed by atoms with Crippen molar-refractivity contribution in [1.82, 2.24) is 4.98 Å². The fourth-order valence-electron chi connectivity index (χ4n) is 3.68. The summed E-state index contributed by atoms with van der Waals surface area (Å²) >= 11 is 0. The minimum Gasteiger partial charge on any atom is -0.497 e. The number of aromatic nitrogens is 1. The van der Waals surface area contributed by atoms with Crippen molar-refractivity contribution in [2.45, 2.75) is 44.7 Å². The molecule has 124 valence electrons. The van der Waals surface area contributed by atoms with E-state index in [0.717, 1.165) is 29.4 Å². The second-order valence-corrected chi connectivity index (χ2v) is 6.57. The van der Waals surface area contributed by atoms with Crippen LogP contribution in [0.5, 0.6) is 5.75 Å². The first kappa shape index (κ1) is 15.2. The zero-order valence-electron chi connectivity index (χ0n) is 14.1. The summed E-state index contributed by atoms with van der Waals surface area (Å²) in [7, 11) is 1.69. The van der Waals surface area contributed by atoms with Gasteiger partial charge in [0.25, 0.3) is 0 Å². The normalized spacial score (nSPS) is 17.3. The summed E-state index contributed by atoms with van der Waals surface area (Å²) in [6, 6.07) is 10.7. The smallest absolute Gasteiger partial charge is 0.135 e. The zero-order valence-corrected chi connectivity index (χ0v) is 14.1. The lowest BCUT2D eigenvalue weighted by atomic mass is 9.94. The largest absolute Gasteiger partial charge is 0.497 e. The third-order valence-corrected chi connectivity index (χ3v) is 4.99. The Morgan fingerprint density at radius 3 is 2.58 bits per heavy atom. The molecule has 0 atom stereocenters. The van der Waals surface area contributed by atoms with Gasteiger partial charge >= 0.3 is 0 Å². The van der Waals surface area contributed by atoms with Crippen LogP contribution in [0.3, 0.4) is 0 Å². The van der Waals surface area contributed by atoms with Gasteiger partial charge in [-0.1, -0.05) is 19.3 Å². The highest BCUT2D eigenvalue weighted by Gasteiger charge is 2.24. The number of methoxy groups -OCH3 is 1. The Bertz CT molecular complexity index is 746. The number of hydrogen-bond acceptors (Lipinski definition) is 4. The van der Waals surface area contributed by atoms with E-state index >= 15 is 0 Å². The average molecular weight is 321 g/mol. The van der Waals surface area contributed by atoms with Crippen LogP contribution in [-0.4, -0.2) is 23.8 Å². The third-order valence-electron chi connectivity index (χ3n) is 4.99. The Balaban J connectivity index is 1.65. The number of ether oxygens (including phenoxy) is 1. The van der Waals surface area contributed by atoms with Crippen molar-refractivity contribution in [2.24, 2.45) is 4.99 Å². The maximum atomic E-state index is 5.26. The number of fused-ring (bicyclic) bond motifs is 1. The van der Waals surface area contributed by atoms with Crippen molar-refractivity contribution < 1.29 is 4.74 Å². The predicted octanol–water partition coefficient (Wildman–Crippen LogP) is 4.19. The Hall–Kier alpha value is -2.36. The van der Waals surface area contributed by atoms with Gasteiger partial charge in [-0.05, 0) is 48.7 Å². The van der Waals surface area contributed by atoms with E-state index in [1.54, 1.807) is 7.11 Å². The first-order chi connectivity index (χ1) is 11.8. The van der Waals surface area contributed by atoms with E-state index < -0.39 is 0 Å². The molecular weight excluding hydrogens is 298 g/mol. The fraction of sp³-hybridized carbons (Fsp3) is 0.400. The molecule has 1 aromatic carbocycles. The molecule has 1 N–H and O–H groups in total. The number of nitrogens with one attached hydrogen (secondary N) is 1. The Morgan fingerprint density at radius 2 is 1.83 bits per heavy atom. The molecule has 4 heteroatoms. The molecule has 0 bridgehead atoms. The number of rotatable bonds is 4. The van der Waals surface area contributed by atoms with Gasteiger partial charge in [0.2, 0.25) is 0 Å². The maximum absolute atomic E-state index is 5.26. The summed E-state index contributed by atoms with van der Waals surface area (Å²) in [5.41, 5.74) is 4.59. The van der Waals surface area contributed by atoms with Crippen molar-refractivity contribution in [3.8, 4) is 5.75 Å². The van der Waals surface area contributed by atoms with Gasteiger partial charge in [-0.25, -0.2) is 4.98 Å². The topological polar surface area (TPSA) is 46.5 Å². The molecule has 1 aliphatic carbocycles. The monoisotopic (exact) mass is 321 g/mol. The fourth-order valence-corrected chi connectivity index (χ4v) is 3.68. The molecule has 0 spiro atoms. The minimum atomic E-state index is 0.537. The Labute approximate surface area is 143 Å². The second-order valence-electron chi connectivity index (χ2n) is 6.57. The van der Waals surface area contributed by atoms with Crippen molar-refractivity contribution in [2.75, 3.05) is 12.4 Å². The molecule has 2 heterocycles. The number of nitrogens with zero attached hydrogens (tertiary/aromatic N) is 2. The van der Waals surface area contributed by atoms with Gasteiger partial charge in [-0.2, -0.15) is 0 Å². The molecule has 0 amide bonds. The minimum absolute atomic E-state index is 0.537. The average Bonchev–Trinajstić information content (AvgIpc) is 3.08. The van der Waals surface area contributed by atoms with Gasteiger partial charge in [-0.3, -0.25) is 4.99 Å². The lowest BCUT2D eigenvalue weighted by Gasteiger charge is -2.24. The van der Waals surface area contributed by atoms with Gasteiger partial charge < -0.3 is 10.1 Å². The molecule has 0 unspecified atom stereocenters. The van der Waals surface area contributed by atoms with E-state index in [1.807, 2.05) is 18.3 Å². The van der Waals surface area contributed by atoms with Crippen molar-refractivity contribution in [3.05, 3.63) is 53.2 Å². The number of benzene rings is 1. The van der Waals surface area contributed by atoms with Crippen molar-refractivity contribution >= 4 is 11.5 Å². The van der Waals surface area contributed by atoms with Crippen LogP contribution in [0.1, 0.15) is 48.8 Å². The second kappa shape index (κ2) is 6.63. The molecule has 0 radical (unpaired) electrons. The first-order valence-electron chi connectivity index (χ1n) is 8.79. The molecule has 1 aromatic heterocycles. The molecule has 4 rings (SSSR count). The van der Waals surface area contributed by atoms with Gasteiger partial charge in [0, 0.05) is 23.4 Å². The number of aliphatic imine (C=N–C) groups is 1. The van der Waals surface area contributed by atoms with Crippen LogP contribution in [0.2, 0.25) is 0 Å². The van der Waals surface area contributed by atoms with E-state index in [1.165, 1.54) is 43.2 Å². The summed E-state index contributed by atoms with van der Waals surface area (Å²) in [5.74, 6) is 1.86. The summed E-state index contributed by atoms with van der Waals surface area (Å²) in [4.78, 5) is 9.42. The van der Waals surface area contributed by atoms with Crippen molar-refractivity contribution in [1.29, 1.82) is 0 Å². The van der Waals surface area contributed by atoms with Crippen LogP contribution in [0.25, 0.3) is 0 Å². The van der Waals surface area contributed by atoms with Crippen LogP contribution in [0.4, 0.5) is 5.82 Å². The van der Waals surface area contributed by atoms with Gasteiger partial charge in [0.15, 0.2) is 0 Å². The van der Waals surface area contributed by atoms with Crippen LogP contribution >= 0.6 is 0 Å². The van der Waals surface area contributed by atoms with Crippen LogP contribution in [0, 0.1) is 0 Å². The predicted molar refractivity (Wildman–Crippen MR) is 97.1 cm³/mol. The summed E-state index contributed by atoms with van der Waals surface area (Å²) in [5, 5.41) is 3.69. The highest BCUT2D eigenvalue weighted by Crippen LogP contribution is 2.30. The summed E-state index contributed by atoms with van der Waals surface area (Å²) in [6.45, 7) is 0.735. The van der Waals surface area contributed by atoms with Gasteiger partial charge in [0.05, 0.1) is 19.4 Å². The Kier molecular flexibility index (Phi) is 4.20. The molecule has 1 aliphatic heterocycles. The SMILES string of the molecule is COc1ccc(C2=NCc3ccnc(NC4CCCCC4)c32)cc1. The van der Waals surface area contributed by atoms with E-state index in [9.17, 15) is 0 Å². The van der Waals surface area contributed by atoms with E-state index in [-0.39, 0.29) is 0 Å². The standard InChI is InChI=1S/C20H23N3O/c1-24-17-9-7-14(8-10-17)19-18-15(13-22-19)11-12-21-20(18)23-16-5-3-2-4-6-16/h7-12,16H,2-6,13H2,1H3,(H,21,23). The first-order valence-corrected chi connectivity index (χ1v) is 8.79. The van der Waals surface area contributed by atoms with E-state index in [2.05, 4.69) is 28.5 Å². The maximum Gasteiger partial charge on any atom is 0.135 e. The molecule has 1 fully saturated rings. The molecule has 0 saturated heterocycles. The molecule has 1 saturated carbocycles. The van der Waals surface area contributed by atoms with Crippen LogP contribution in [0.15, 0.2) is 41.5 Å². The quantitative estimate of drug-likeness (QED) is 0.918. The van der Waals surface area contributed by atoms with E-state index in [0.29, 0.717) is 6.04 Å². The highest BCUT2D eigenvalue weighted by molar-refractivity contribution is 6.17. The number of pyridine rings is 1. The van der Waals surface area contributed by atoms with E-state index in [4.69, 9.17) is 9.73 Å². The van der Waals surface area contributed by atoms with Crippen molar-refractivity contribution in [3.63, 3.8) is 0 Å². The number of hydrogen-bond donors (Lipinski definition) is 1. The van der Waals surface area contributed by atoms with Crippen LogP contribution < -0.4 is 10.1 Å². The molecule has 24 heavy (non-hydrogen) atoms. The third kappa shape index (κ3) is 2.88. The summed E-state index contributed by atoms with van der Waals surface area (Å²) in [6.07, 6.45) is 8.35. The molecular formula is C20H23N3O. The molecule has 2 aliphatic rings. The highest BCUT2D eigenvalue weighted by atomic mass is 16.5. The van der Waals surface area contributed by atoms with Gasteiger partial charge in [0.1, 0.15) is 11.6 Å².